The number of fused-ring (bicyclic) bond motifs is 4. The van der Waals surface area contributed by atoms with Crippen LogP contribution in [-0.2, 0) is 6.42 Å². The van der Waals surface area contributed by atoms with E-state index in [1.54, 1.807) is 12.3 Å². The molecule has 0 radical (unpaired) electrons. The molecule has 156 valence electrons. The first-order valence-corrected chi connectivity index (χ1v) is 9.90. The summed E-state index contributed by atoms with van der Waals surface area (Å²) in [5.74, 6) is -1.72. The lowest BCUT2D eigenvalue weighted by atomic mass is 9.91. The molecule has 4 N–H and O–H groups in total. The van der Waals surface area contributed by atoms with Crippen LogP contribution in [0.5, 0.6) is 0 Å². The van der Waals surface area contributed by atoms with Gasteiger partial charge in [-0.2, -0.15) is 5.10 Å². The molecular formula is C23H19F2N5O. The van der Waals surface area contributed by atoms with Crippen LogP contribution in [0.25, 0.3) is 43.8 Å². The van der Waals surface area contributed by atoms with Crippen molar-refractivity contribution < 1.29 is 8.78 Å². The van der Waals surface area contributed by atoms with Crippen LogP contribution in [-0.4, -0.2) is 20.2 Å². The summed E-state index contributed by atoms with van der Waals surface area (Å²) in [7, 11) is 0. The van der Waals surface area contributed by atoms with E-state index in [1.165, 1.54) is 6.20 Å². The first-order chi connectivity index (χ1) is 14.9. The van der Waals surface area contributed by atoms with E-state index >= 15 is 0 Å². The maximum absolute atomic E-state index is 14.4. The fourth-order valence-electron chi connectivity index (χ4n) is 4.23. The molecule has 3 heterocycles. The molecule has 8 heteroatoms. The molecule has 0 fully saturated rings. The van der Waals surface area contributed by atoms with E-state index in [2.05, 4.69) is 34.0 Å². The normalized spacial score (nSPS) is 11.9. The van der Waals surface area contributed by atoms with E-state index < -0.39 is 17.2 Å². The van der Waals surface area contributed by atoms with E-state index in [0.717, 1.165) is 29.0 Å². The quantitative estimate of drug-likeness (QED) is 0.370. The number of rotatable bonds is 3. The molecule has 5 rings (SSSR count). The Labute approximate surface area is 175 Å². The van der Waals surface area contributed by atoms with Gasteiger partial charge < -0.3 is 10.7 Å². The minimum Gasteiger partial charge on any atom is -0.394 e. The lowest BCUT2D eigenvalue weighted by Crippen LogP contribution is -2.14. The standard InChI is InChI=1S/C23H19F2N5O/c1-10(2)6-11-7-14-17(13-8-16(24)18(25)22-15(13)9-28-30-22)19(26)23(31)29-21(14)12-4-3-5-27-20(11)12/h3-5,7-10H,6,26H2,1-2H3,(H,28,30)(H,29,31). The summed E-state index contributed by atoms with van der Waals surface area (Å²) in [5.41, 5.74) is 8.53. The van der Waals surface area contributed by atoms with E-state index in [1.807, 2.05) is 12.1 Å². The van der Waals surface area contributed by atoms with Crippen molar-refractivity contribution in [3.8, 4) is 11.1 Å². The summed E-state index contributed by atoms with van der Waals surface area (Å²) in [6, 6.07) is 6.66. The summed E-state index contributed by atoms with van der Waals surface area (Å²) in [5, 5.41) is 8.09. The van der Waals surface area contributed by atoms with Gasteiger partial charge >= 0.3 is 0 Å². The third kappa shape index (κ3) is 2.86. The van der Waals surface area contributed by atoms with Gasteiger partial charge in [-0.25, -0.2) is 8.78 Å². The van der Waals surface area contributed by atoms with Crippen LogP contribution in [0.2, 0.25) is 0 Å². The van der Waals surface area contributed by atoms with Gasteiger partial charge in [0.2, 0.25) is 0 Å². The number of H-pyrrole nitrogens is 2. The Bertz CT molecular complexity index is 1550. The molecule has 3 aromatic heterocycles. The third-order valence-electron chi connectivity index (χ3n) is 5.52. The molecule has 5 aromatic rings. The molecule has 0 aliphatic heterocycles. The maximum atomic E-state index is 14.4. The van der Waals surface area contributed by atoms with Crippen LogP contribution < -0.4 is 11.3 Å². The lowest BCUT2D eigenvalue weighted by Gasteiger charge is -2.16. The second-order valence-corrected chi connectivity index (χ2v) is 8.08. The highest BCUT2D eigenvalue weighted by atomic mass is 19.2. The predicted molar refractivity (Wildman–Crippen MR) is 118 cm³/mol. The Morgan fingerprint density at radius 3 is 2.71 bits per heavy atom. The SMILES string of the molecule is CC(C)Cc1cc2c(-c3cc(F)c(F)c4[nH]ncc34)c(N)c(=O)[nH]c2c2cccnc12. The van der Waals surface area contributed by atoms with Crippen molar-refractivity contribution >= 4 is 38.4 Å². The molecular weight excluding hydrogens is 400 g/mol. The Balaban J connectivity index is 2.00. The monoisotopic (exact) mass is 419 g/mol. The van der Waals surface area contributed by atoms with Crippen LogP contribution in [0.15, 0.2) is 41.5 Å². The smallest absolute Gasteiger partial charge is 0.272 e. The number of anilines is 1. The summed E-state index contributed by atoms with van der Waals surface area (Å²) >= 11 is 0. The molecule has 6 nitrogen and oxygen atoms in total. The number of halogens is 2. The highest BCUT2D eigenvalue weighted by molar-refractivity contribution is 6.14. The topological polar surface area (TPSA) is 100 Å². The van der Waals surface area contributed by atoms with E-state index in [9.17, 15) is 13.6 Å². The Morgan fingerprint density at radius 2 is 1.94 bits per heavy atom. The number of nitrogens with zero attached hydrogens (tertiary/aromatic N) is 2. The third-order valence-corrected chi connectivity index (χ3v) is 5.52. The highest BCUT2D eigenvalue weighted by Crippen LogP contribution is 2.39. The minimum absolute atomic E-state index is 0.0697. The number of hydrogen-bond acceptors (Lipinski definition) is 4. The molecule has 0 bridgehead atoms. The molecule has 0 unspecified atom stereocenters. The van der Waals surface area contributed by atoms with Gasteiger partial charge in [-0.3, -0.25) is 14.9 Å². The Hall–Kier alpha value is -3.81. The lowest BCUT2D eigenvalue weighted by molar-refractivity contribution is 0.515. The maximum Gasteiger partial charge on any atom is 0.272 e. The summed E-state index contributed by atoms with van der Waals surface area (Å²) in [6.45, 7) is 4.21. The number of aromatic amines is 2. The van der Waals surface area contributed by atoms with Crippen LogP contribution in [0.1, 0.15) is 19.4 Å². The summed E-state index contributed by atoms with van der Waals surface area (Å²) in [6.07, 6.45) is 3.86. The fraction of sp³-hybridized carbons (Fsp3) is 0.174. The Morgan fingerprint density at radius 1 is 1.13 bits per heavy atom. The van der Waals surface area contributed by atoms with E-state index in [0.29, 0.717) is 33.3 Å². The minimum atomic E-state index is -1.05. The highest BCUT2D eigenvalue weighted by Gasteiger charge is 2.22. The van der Waals surface area contributed by atoms with E-state index in [-0.39, 0.29) is 11.2 Å². The van der Waals surface area contributed by atoms with Crippen molar-refractivity contribution in [3.63, 3.8) is 0 Å². The largest absolute Gasteiger partial charge is 0.394 e. The van der Waals surface area contributed by atoms with Crippen molar-refractivity contribution in [2.45, 2.75) is 20.3 Å². The van der Waals surface area contributed by atoms with Crippen molar-refractivity contribution in [1.82, 2.24) is 20.2 Å². The number of nitrogen functional groups attached to an aromatic ring is 1. The van der Waals surface area contributed by atoms with Crippen molar-refractivity contribution in [2.75, 3.05) is 5.73 Å². The summed E-state index contributed by atoms with van der Waals surface area (Å²) in [4.78, 5) is 20.1. The average Bonchev–Trinajstić information content (AvgIpc) is 3.23. The number of nitrogens with two attached hydrogens (primary N) is 1. The van der Waals surface area contributed by atoms with Gasteiger partial charge in [0.25, 0.3) is 5.56 Å². The van der Waals surface area contributed by atoms with Gasteiger partial charge in [-0.05, 0) is 47.7 Å². The number of nitrogens with one attached hydrogen (secondary N) is 2. The molecule has 31 heavy (non-hydrogen) atoms. The second kappa shape index (κ2) is 6.87. The predicted octanol–water partition coefficient (Wildman–Crippen LogP) is 4.68. The van der Waals surface area contributed by atoms with Gasteiger partial charge in [0, 0.05) is 27.9 Å². The molecule has 0 aliphatic carbocycles. The molecule has 0 amide bonds. The van der Waals surface area contributed by atoms with Gasteiger partial charge in [-0.1, -0.05) is 13.8 Å². The van der Waals surface area contributed by atoms with Crippen LogP contribution in [0.4, 0.5) is 14.5 Å². The van der Waals surface area contributed by atoms with Crippen molar-refractivity contribution in [1.29, 1.82) is 0 Å². The zero-order chi connectivity index (χ0) is 21.9. The second-order valence-electron chi connectivity index (χ2n) is 8.08. The van der Waals surface area contributed by atoms with Crippen molar-refractivity contribution in [2.24, 2.45) is 5.92 Å². The number of pyridine rings is 2. The first kappa shape index (κ1) is 19.2. The van der Waals surface area contributed by atoms with Gasteiger partial charge in [0.05, 0.1) is 17.2 Å². The molecule has 2 aromatic carbocycles. The van der Waals surface area contributed by atoms with Crippen LogP contribution >= 0.6 is 0 Å². The molecule has 0 atom stereocenters. The van der Waals surface area contributed by atoms with Gasteiger partial charge in [0.1, 0.15) is 11.2 Å². The summed E-state index contributed by atoms with van der Waals surface area (Å²) < 4.78 is 28.7. The molecule has 0 spiro atoms. The number of benzene rings is 2. The number of aromatic nitrogens is 4. The fourth-order valence-corrected chi connectivity index (χ4v) is 4.23. The molecule has 0 aliphatic rings. The van der Waals surface area contributed by atoms with Crippen molar-refractivity contribution in [3.05, 3.63) is 64.2 Å². The number of hydrogen-bond donors (Lipinski definition) is 3. The average molecular weight is 419 g/mol. The van der Waals surface area contributed by atoms with Crippen LogP contribution in [0.3, 0.4) is 0 Å². The zero-order valence-electron chi connectivity index (χ0n) is 16.9. The van der Waals surface area contributed by atoms with Gasteiger partial charge in [0.15, 0.2) is 11.6 Å². The van der Waals surface area contributed by atoms with Gasteiger partial charge in [-0.15, -0.1) is 0 Å². The molecule has 0 saturated heterocycles. The van der Waals surface area contributed by atoms with E-state index in [4.69, 9.17) is 5.73 Å². The first-order valence-electron chi connectivity index (χ1n) is 9.90. The Kier molecular flexibility index (Phi) is 4.25. The van der Waals surface area contributed by atoms with Crippen LogP contribution in [0, 0.1) is 17.6 Å². The zero-order valence-corrected chi connectivity index (χ0v) is 16.9. The molecule has 0 saturated carbocycles.